The lowest BCUT2D eigenvalue weighted by atomic mass is 10.1. The Morgan fingerprint density at radius 2 is 1.65 bits per heavy atom. The van der Waals surface area contributed by atoms with Crippen molar-refractivity contribution in [2.45, 2.75) is 24.0 Å². The molecule has 0 saturated carbocycles. The molecule has 0 bridgehead atoms. The zero-order valence-corrected chi connectivity index (χ0v) is 23.4. The molecule has 40 heavy (non-hydrogen) atoms. The van der Waals surface area contributed by atoms with Gasteiger partial charge in [-0.05, 0) is 73.5 Å². The quantitative estimate of drug-likeness (QED) is 0.156. The lowest BCUT2D eigenvalue weighted by molar-refractivity contribution is -0.115. The molecule has 0 spiro atoms. The first-order valence-electron chi connectivity index (χ1n) is 12.4. The Morgan fingerprint density at radius 3 is 2.38 bits per heavy atom. The molecule has 3 amide bonds. The number of amides is 3. The first-order valence-corrected chi connectivity index (χ1v) is 13.7. The molecule has 0 aliphatic heterocycles. The number of hydrogen-bond acceptors (Lipinski definition) is 5. The molecule has 1 aromatic heterocycles. The first kappa shape index (κ1) is 28.6. The molecule has 202 valence electrons. The van der Waals surface area contributed by atoms with Crippen LogP contribution in [0.15, 0.2) is 108 Å². The predicted octanol–water partition coefficient (Wildman–Crippen LogP) is 6.57. The number of nitrogens with one attached hydrogen (secondary N) is 3. The fraction of sp³-hybridized carbons (Fsp3) is 0.0968. The van der Waals surface area contributed by atoms with Crippen LogP contribution in [0.5, 0.6) is 0 Å². The lowest BCUT2D eigenvalue weighted by Crippen LogP contribution is -2.30. The highest BCUT2D eigenvalue weighted by molar-refractivity contribution is 8.00. The van der Waals surface area contributed by atoms with E-state index >= 15 is 0 Å². The number of rotatable bonds is 9. The van der Waals surface area contributed by atoms with Crippen LogP contribution in [-0.2, 0) is 9.59 Å². The summed E-state index contributed by atoms with van der Waals surface area (Å²) in [5.74, 6) is -0.682. The summed E-state index contributed by atoms with van der Waals surface area (Å²) in [6, 6.07) is 26.7. The smallest absolute Gasteiger partial charge is 0.272 e. The molecule has 0 aliphatic rings. The Bertz CT molecular complexity index is 1540. The number of halogens is 1. The molecule has 0 aliphatic carbocycles. The third-order valence-corrected chi connectivity index (χ3v) is 7.09. The minimum Gasteiger partial charge on any atom is -0.321 e. The van der Waals surface area contributed by atoms with E-state index in [1.165, 1.54) is 18.0 Å². The monoisotopic (exact) mass is 570 g/mol. The van der Waals surface area contributed by atoms with Crippen LogP contribution < -0.4 is 16.0 Å². The topological polar surface area (TPSA) is 100 Å². The van der Waals surface area contributed by atoms with E-state index in [-0.39, 0.29) is 11.6 Å². The number of pyridine rings is 1. The summed E-state index contributed by atoms with van der Waals surface area (Å²) in [6.07, 6.45) is 3.12. The number of thioether (sulfide) groups is 1. The Morgan fingerprint density at radius 1 is 0.900 bits per heavy atom. The van der Waals surface area contributed by atoms with Gasteiger partial charge in [0.1, 0.15) is 11.5 Å². The van der Waals surface area contributed by atoms with Gasteiger partial charge in [-0.2, -0.15) is 0 Å². The first-order chi connectivity index (χ1) is 19.3. The molecular formula is C31H27ClN4O3S. The second-order valence-electron chi connectivity index (χ2n) is 8.83. The van der Waals surface area contributed by atoms with Crippen molar-refractivity contribution in [1.29, 1.82) is 0 Å². The number of hydrogen-bond donors (Lipinski definition) is 3. The van der Waals surface area contributed by atoms with Gasteiger partial charge in [0.25, 0.3) is 11.8 Å². The van der Waals surface area contributed by atoms with Crippen LogP contribution in [0.2, 0.25) is 5.02 Å². The van der Waals surface area contributed by atoms with E-state index in [2.05, 4.69) is 20.9 Å². The van der Waals surface area contributed by atoms with Crippen molar-refractivity contribution in [2.75, 3.05) is 10.6 Å². The van der Waals surface area contributed by atoms with Gasteiger partial charge in [-0.1, -0.05) is 60.1 Å². The van der Waals surface area contributed by atoms with Gasteiger partial charge in [0, 0.05) is 22.3 Å². The van der Waals surface area contributed by atoms with Crippen LogP contribution in [0.25, 0.3) is 6.08 Å². The third kappa shape index (κ3) is 8.05. The van der Waals surface area contributed by atoms with Crippen LogP contribution >= 0.6 is 23.4 Å². The second-order valence-corrected chi connectivity index (χ2v) is 10.7. The van der Waals surface area contributed by atoms with Crippen molar-refractivity contribution < 1.29 is 14.4 Å². The minimum atomic E-state index is -0.478. The second kappa shape index (κ2) is 13.6. The van der Waals surface area contributed by atoms with Crippen LogP contribution in [-0.4, -0.2) is 28.0 Å². The number of aromatic nitrogens is 1. The summed E-state index contributed by atoms with van der Waals surface area (Å²) < 4.78 is 0. The largest absolute Gasteiger partial charge is 0.321 e. The van der Waals surface area contributed by atoms with Gasteiger partial charge in [0.15, 0.2) is 0 Å². The SMILES string of the molecule is Cc1ccccc1/C=C(\NC(=O)c1ccccc1)C(=O)Nc1cccc(SC(C)C(=O)Nc2ccc(Cl)cn2)c1. The van der Waals surface area contributed by atoms with Gasteiger partial charge in [0.2, 0.25) is 5.91 Å². The number of carbonyl (C=O) groups excluding carboxylic acids is 3. The number of carbonyl (C=O) groups is 3. The number of nitrogens with zero attached hydrogens (tertiary/aromatic N) is 1. The van der Waals surface area contributed by atoms with Crippen molar-refractivity contribution in [1.82, 2.24) is 10.3 Å². The van der Waals surface area contributed by atoms with Crippen molar-refractivity contribution in [3.05, 3.63) is 125 Å². The summed E-state index contributed by atoms with van der Waals surface area (Å²) in [4.78, 5) is 43.8. The van der Waals surface area contributed by atoms with E-state index in [1.54, 1.807) is 67.6 Å². The highest BCUT2D eigenvalue weighted by Gasteiger charge is 2.18. The average Bonchev–Trinajstić information content (AvgIpc) is 2.95. The summed E-state index contributed by atoms with van der Waals surface area (Å²) in [7, 11) is 0. The van der Waals surface area contributed by atoms with Crippen molar-refractivity contribution in [3.63, 3.8) is 0 Å². The highest BCUT2D eigenvalue weighted by Crippen LogP contribution is 2.27. The fourth-order valence-electron chi connectivity index (χ4n) is 3.63. The zero-order valence-electron chi connectivity index (χ0n) is 21.9. The molecular weight excluding hydrogens is 544 g/mol. The molecule has 1 unspecified atom stereocenters. The Hall–Kier alpha value is -4.40. The van der Waals surface area contributed by atoms with Gasteiger partial charge in [0.05, 0.1) is 10.3 Å². The maximum Gasteiger partial charge on any atom is 0.272 e. The van der Waals surface area contributed by atoms with Gasteiger partial charge in [-0.3, -0.25) is 14.4 Å². The average molecular weight is 571 g/mol. The number of aryl methyl sites for hydroxylation is 1. The molecule has 7 nitrogen and oxygen atoms in total. The molecule has 1 heterocycles. The summed E-state index contributed by atoms with van der Waals surface area (Å²) >= 11 is 7.19. The molecule has 3 N–H and O–H groups in total. The predicted molar refractivity (Wildman–Crippen MR) is 161 cm³/mol. The van der Waals surface area contributed by atoms with Crippen LogP contribution in [0.3, 0.4) is 0 Å². The Labute approximate surface area is 242 Å². The van der Waals surface area contributed by atoms with E-state index in [9.17, 15) is 14.4 Å². The summed E-state index contributed by atoms with van der Waals surface area (Å²) in [5, 5.41) is 8.43. The van der Waals surface area contributed by atoms with Crippen molar-refractivity contribution in [3.8, 4) is 0 Å². The van der Waals surface area contributed by atoms with Crippen molar-refractivity contribution >= 4 is 58.7 Å². The molecule has 3 aromatic carbocycles. The lowest BCUT2D eigenvalue weighted by Gasteiger charge is -2.14. The van der Waals surface area contributed by atoms with E-state index < -0.39 is 17.1 Å². The van der Waals surface area contributed by atoms with E-state index in [0.717, 1.165) is 16.0 Å². The van der Waals surface area contributed by atoms with Gasteiger partial charge in [-0.25, -0.2) is 4.98 Å². The maximum atomic E-state index is 13.4. The molecule has 0 saturated heterocycles. The van der Waals surface area contributed by atoms with Gasteiger partial charge in [-0.15, -0.1) is 11.8 Å². The van der Waals surface area contributed by atoms with Gasteiger partial charge < -0.3 is 16.0 Å². The molecule has 0 radical (unpaired) electrons. The van der Waals surface area contributed by atoms with Crippen LogP contribution in [0.1, 0.15) is 28.4 Å². The number of anilines is 2. The normalized spacial score (nSPS) is 11.8. The molecule has 1 atom stereocenters. The van der Waals surface area contributed by atoms with Crippen LogP contribution in [0, 0.1) is 6.92 Å². The summed E-state index contributed by atoms with van der Waals surface area (Å²) in [5.41, 5.74) is 2.82. The Kier molecular flexibility index (Phi) is 9.72. The molecule has 4 rings (SSSR count). The zero-order chi connectivity index (χ0) is 28.5. The Balaban J connectivity index is 1.48. The fourth-order valence-corrected chi connectivity index (χ4v) is 4.67. The molecule has 4 aromatic rings. The van der Waals surface area contributed by atoms with Crippen molar-refractivity contribution in [2.24, 2.45) is 0 Å². The van der Waals surface area contributed by atoms with Gasteiger partial charge >= 0.3 is 0 Å². The minimum absolute atomic E-state index is 0.101. The number of benzene rings is 3. The molecule has 0 fully saturated rings. The van der Waals surface area contributed by atoms with E-state index in [4.69, 9.17) is 11.6 Å². The maximum absolute atomic E-state index is 13.4. The standard InChI is InChI=1S/C31H27ClN4O3S/c1-20-9-6-7-12-23(20)17-27(35-30(38)22-10-4-3-5-11-22)31(39)34-25-13-8-14-26(18-25)40-21(2)29(37)36-28-16-15-24(32)19-33-28/h3-19,21H,1-2H3,(H,34,39)(H,35,38)(H,33,36,37)/b27-17-. The highest BCUT2D eigenvalue weighted by atomic mass is 35.5. The van der Waals surface area contributed by atoms with Crippen LogP contribution in [0.4, 0.5) is 11.5 Å². The van der Waals surface area contributed by atoms with E-state index in [0.29, 0.717) is 22.1 Å². The van der Waals surface area contributed by atoms with E-state index in [1.807, 2.05) is 43.3 Å². The molecule has 9 heteroatoms. The third-order valence-electron chi connectivity index (χ3n) is 5.77. The summed E-state index contributed by atoms with van der Waals surface area (Å²) in [6.45, 7) is 3.71.